The minimum absolute atomic E-state index is 0.0146. The Bertz CT molecular complexity index is 1290. The number of non-ortho nitro benzene ring substituents is 1. The topological polar surface area (TPSA) is 66.7 Å². The summed E-state index contributed by atoms with van der Waals surface area (Å²) in [6.07, 6.45) is 5.45. The van der Waals surface area contributed by atoms with Crippen LogP contribution in [0.15, 0.2) is 72.8 Å². The van der Waals surface area contributed by atoms with Gasteiger partial charge in [-0.25, -0.2) is 4.39 Å². The number of benzene rings is 3. The maximum absolute atomic E-state index is 13.8. The van der Waals surface area contributed by atoms with Crippen molar-refractivity contribution in [3.8, 4) is 0 Å². The number of hydrogen-bond donors (Lipinski definition) is 0. The van der Waals surface area contributed by atoms with Gasteiger partial charge in [0.15, 0.2) is 0 Å². The summed E-state index contributed by atoms with van der Waals surface area (Å²) in [5.74, 6) is 0.138. The maximum Gasteiger partial charge on any atom is 0.269 e. The highest BCUT2D eigenvalue weighted by Crippen LogP contribution is 2.37. The summed E-state index contributed by atoms with van der Waals surface area (Å²) in [5.41, 5.74) is 4.23. The third kappa shape index (κ3) is 6.36. The number of nitrogens with zero attached hydrogens (tertiary/aromatic N) is 3. The Labute approximate surface area is 229 Å². The summed E-state index contributed by atoms with van der Waals surface area (Å²) >= 11 is 0. The predicted molar refractivity (Wildman–Crippen MR) is 150 cm³/mol. The van der Waals surface area contributed by atoms with E-state index in [2.05, 4.69) is 41.0 Å². The molecule has 0 N–H and O–H groups in total. The van der Waals surface area contributed by atoms with Gasteiger partial charge < -0.3 is 4.90 Å². The molecule has 1 amide bonds. The monoisotopic (exact) mass is 529 g/mol. The molecule has 3 aromatic rings. The van der Waals surface area contributed by atoms with Crippen molar-refractivity contribution >= 4 is 11.6 Å². The van der Waals surface area contributed by atoms with Gasteiger partial charge in [0.05, 0.1) is 4.92 Å². The number of hydrogen-bond acceptors (Lipinski definition) is 4. The molecule has 0 aromatic heterocycles. The number of rotatable bonds is 8. The van der Waals surface area contributed by atoms with Crippen LogP contribution in [0, 0.1) is 28.8 Å². The minimum atomic E-state index is -0.373. The number of nitro benzene ring substituents is 1. The molecule has 1 saturated carbocycles. The molecule has 0 radical (unpaired) electrons. The second kappa shape index (κ2) is 12.1. The first-order chi connectivity index (χ1) is 18.9. The van der Waals surface area contributed by atoms with E-state index in [9.17, 15) is 19.3 Å². The molecule has 5 rings (SSSR count). The van der Waals surface area contributed by atoms with Crippen LogP contribution in [0.3, 0.4) is 0 Å². The number of likely N-dealkylation sites (tertiary alicyclic amines) is 1. The molecule has 0 bridgehead atoms. The van der Waals surface area contributed by atoms with Crippen molar-refractivity contribution in [1.29, 1.82) is 0 Å². The van der Waals surface area contributed by atoms with Gasteiger partial charge in [-0.1, -0.05) is 55.7 Å². The van der Waals surface area contributed by atoms with E-state index in [0.717, 1.165) is 44.3 Å². The second-order valence-corrected chi connectivity index (χ2v) is 11.1. The Morgan fingerprint density at radius 3 is 2.33 bits per heavy atom. The van der Waals surface area contributed by atoms with Crippen LogP contribution in [0.5, 0.6) is 0 Å². The van der Waals surface area contributed by atoms with E-state index >= 15 is 0 Å². The number of nitro groups is 1. The molecule has 1 saturated heterocycles. The highest BCUT2D eigenvalue weighted by atomic mass is 19.1. The lowest BCUT2D eigenvalue weighted by Gasteiger charge is -2.37. The standard InChI is InChI=1S/C32H36FN3O3/c1-23-7-5-6-10-30(23)31-22-34(19-24-11-17-29(18-12-24)36(38)39)20-26(31)21-35(28-8-3-2-4-9-28)32(37)25-13-15-27(33)16-14-25/h5-7,10-18,26,28,31H,2-4,8-9,19-22H2,1H3/t26-,31-/m0/s1. The molecule has 204 valence electrons. The summed E-state index contributed by atoms with van der Waals surface area (Å²) in [4.78, 5) is 29.0. The lowest BCUT2D eigenvalue weighted by atomic mass is 9.85. The van der Waals surface area contributed by atoms with Crippen molar-refractivity contribution in [2.75, 3.05) is 19.6 Å². The first kappa shape index (κ1) is 27.0. The van der Waals surface area contributed by atoms with Gasteiger partial charge in [0.1, 0.15) is 5.82 Å². The molecular weight excluding hydrogens is 493 g/mol. The molecule has 0 spiro atoms. The molecular formula is C32H36FN3O3. The van der Waals surface area contributed by atoms with Crippen LogP contribution in [0.25, 0.3) is 0 Å². The zero-order chi connectivity index (χ0) is 27.4. The predicted octanol–water partition coefficient (Wildman–Crippen LogP) is 6.73. The fourth-order valence-corrected chi connectivity index (χ4v) is 6.41. The molecule has 2 fully saturated rings. The highest BCUT2D eigenvalue weighted by molar-refractivity contribution is 5.94. The van der Waals surface area contributed by atoms with Gasteiger partial charge in [0.2, 0.25) is 0 Å². The molecule has 1 aliphatic heterocycles. The molecule has 1 aliphatic carbocycles. The van der Waals surface area contributed by atoms with Crippen molar-refractivity contribution in [3.63, 3.8) is 0 Å². The first-order valence-corrected chi connectivity index (χ1v) is 14.0. The van der Waals surface area contributed by atoms with Crippen LogP contribution in [-0.2, 0) is 6.54 Å². The number of carbonyl (C=O) groups excluding carboxylic acids is 1. The molecule has 7 heteroatoms. The number of aryl methyl sites for hydroxylation is 1. The lowest BCUT2D eigenvalue weighted by Crippen LogP contribution is -2.45. The van der Waals surface area contributed by atoms with E-state index in [-0.39, 0.29) is 40.2 Å². The van der Waals surface area contributed by atoms with Crippen LogP contribution in [0.4, 0.5) is 10.1 Å². The number of halogens is 1. The third-order valence-electron chi connectivity index (χ3n) is 8.46. The number of carbonyl (C=O) groups is 1. The van der Waals surface area contributed by atoms with Gasteiger partial charge >= 0.3 is 0 Å². The van der Waals surface area contributed by atoms with Gasteiger partial charge in [-0.2, -0.15) is 0 Å². The quantitative estimate of drug-likeness (QED) is 0.240. The molecule has 0 unspecified atom stereocenters. The summed E-state index contributed by atoms with van der Waals surface area (Å²) in [7, 11) is 0. The zero-order valence-corrected chi connectivity index (χ0v) is 22.5. The van der Waals surface area contributed by atoms with Gasteiger partial charge in [-0.05, 0) is 66.6 Å². The van der Waals surface area contributed by atoms with Gasteiger partial charge in [0, 0.05) is 55.8 Å². The SMILES string of the molecule is Cc1ccccc1[C@H]1CN(Cc2ccc([N+](=O)[O-])cc2)C[C@H]1CN(C(=O)c1ccc(F)cc1)C1CCCCC1. The van der Waals surface area contributed by atoms with Crippen molar-refractivity contribution in [2.24, 2.45) is 5.92 Å². The third-order valence-corrected chi connectivity index (χ3v) is 8.46. The van der Waals surface area contributed by atoms with Crippen LogP contribution in [-0.4, -0.2) is 46.3 Å². The fourth-order valence-electron chi connectivity index (χ4n) is 6.41. The van der Waals surface area contributed by atoms with Crippen LogP contribution in [0.2, 0.25) is 0 Å². The zero-order valence-electron chi connectivity index (χ0n) is 22.5. The average Bonchev–Trinajstić information content (AvgIpc) is 3.34. The van der Waals surface area contributed by atoms with Crippen LogP contribution >= 0.6 is 0 Å². The maximum atomic E-state index is 13.8. The van der Waals surface area contributed by atoms with E-state index in [4.69, 9.17) is 0 Å². The largest absolute Gasteiger partial charge is 0.335 e. The fraction of sp³-hybridized carbons (Fsp3) is 0.406. The van der Waals surface area contributed by atoms with Crippen molar-refractivity contribution in [2.45, 2.75) is 57.5 Å². The average molecular weight is 530 g/mol. The van der Waals surface area contributed by atoms with Gasteiger partial charge in [0.25, 0.3) is 11.6 Å². The molecule has 3 aromatic carbocycles. The normalized spacial score (nSPS) is 20.2. The van der Waals surface area contributed by atoms with Crippen LogP contribution < -0.4 is 0 Å². The Hall–Kier alpha value is -3.58. The molecule has 2 aliphatic rings. The van der Waals surface area contributed by atoms with E-state index in [1.165, 1.54) is 29.7 Å². The van der Waals surface area contributed by atoms with Crippen molar-refractivity contribution in [1.82, 2.24) is 9.80 Å². The van der Waals surface area contributed by atoms with E-state index in [1.807, 2.05) is 12.1 Å². The van der Waals surface area contributed by atoms with E-state index in [1.54, 1.807) is 24.3 Å². The smallest absolute Gasteiger partial charge is 0.269 e. The summed E-state index contributed by atoms with van der Waals surface area (Å²) in [5, 5.41) is 11.1. The van der Waals surface area contributed by atoms with Gasteiger partial charge in [-0.3, -0.25) is 19.8 Å². The molecule has 2 atom stereocenters. The van der Waals surface area contributed by atoms with E-state index in [0.29, 0.717) is 18.7 Å². The highest BCUT2D eigenvalue weighted by Gasteiger charge is 2.38. The molecule has 39 heavy (non-hydrogen) atoms. The Morgan fingerprint density at radius 1 is 0.974 bits per heavy atom. The summed E-state index contributed by atoms with van der Waals surface area (Å²) in [6, 6.07) is 21.4. The molecule has 1 heterocycles. The van der Waals surface area contributed by atoms with Crippen molar-refractivity contribution in [3.05, 3.63) is 111 Å². The minimum Gasteiger partial charge on any atom is -0.335 e. The second-order valence-electron chi connectivity index (χ2n) is 11.1. The Balaban J connectivity index is 1.41. The number of amides is 1. The summed E-state index contributed by atoms with van der Waals surface area (Å²) in [6.45, 7) is 5.18. The van der Waals surface area contributed by atoms with E-state index < -0.39 is 0 Å². The Morgan fingerprint density at radius 2 is 1.67 bits per heavy atom. The molecule has 6 nitrogen and oxygen atoms in total. The Kier molecular flexibility index (Phi) is 8.36. The van der Waals surface area contributed by atoms with Crippen molar-refractivity contribution < 1.29 is 14.1 Å². The first-order valence-electron chi connectivity index (χ1n) is 14.0. The van der Waals surface area contributed by atoms with Gasteiger partial charge in [-0.15, -0.1) is 0 Å². The van der Waals surface area contributed by atoms with Crippen LogP contribution in [0.1, 0.15) is 65.1 Å². The summed E-state index contributed by atoms with van der Waals surface area (Å²) < 4.78 is 13.6. The lowest BCUT2D eigenvalue weighted by molar-refractivity contribution is -0.384.